The molecule has 1 aliphatic rings. The molecule has 0 spiro atoms. The number of phenols is 1. The van der Waals surface area contributed by atoms with E-state index in [0.717, 1.165) is 22.3 Å². The predicted molar refractivity (Wildman–Crippen MR) is 157 cm³/mol. The van der Waals surface area contributed by atoms with E-state index in [9.17, 15) is 24.8 Å². The van der Waals surface area contributed by atoms with Crippen molar-refractivity contribution in [1.82, 2.24) is 9.78 Å². The zero-order valence-electron chi connectivity index (χ0n) is 23.7. The molecule has 4 aromatic rings. The molecule has 0 fully saturated rings. The fourth-order valence-corrected chi connectivity index (χ4v) is 5.38. The first kappa shape index (κ1) is 27.6. The van der Waals surface area contributed by atoms with E-state index >= 15 is 0 Å². The summed E-state index contributed by atoms with van der Waals surface area (Å²) in [6, 6.07) is 14.8. The maximum Gasteiger partial charge on any atom is 0.275 e. The van der Waals surface area contributed by atoms with Gasteiger partial charge in [-0.25, -0.2) is 9.69 Å². The molecule has 3 aromatic carbocycles. The summed E-state index contributed by atoms with van der Waals surface area (Å²) in [6.45, 7) is 11.2. The van der Waals surface area contributed by atoms with Crippen LogP contribution in [0.1, 0.15) is 51.9 Å². The zero-order valence-corrected chi connectivity index (χ0v) is 23.7. The van der Waals surface area contributed by atoms with Gasteiger partial charge in [0.2, 0.25) is 0 Å². The van der Waals surface area contributed by atoms with Crippen LogP contribution < -0.4 is 10.6 Å². The third kappa shape index (κ3) is 4.71. The van der Waals surface area contributed by atoms with E-state index in [4.69, 9.17) is 0 Å². The maximum absolute atomic E-state index is 14.1. The Hall–Kier alpha value is -4.99. The van der Waals surface area contributed by atoms with E-state index in [-0.39, 0.29) is 22.6 Å². The molecule has 10 nitrogen and oxygen atoms in total. The lowest BCUT2D eigenvalue weighted by molar-refractivity contribution is -0.385. The van der Waals surface area contributed by atoms with E-state index in [1.165, 1.54) is 27.9 Å². The summed E-state index contributed by atoms with van der Waals surface area (Å²) >= 11 is 0. The van der Waals surface area contributed by atoms with Crippen molar-refractivity contribution in [3.8, 4) is 11.4 Å². The van der Waals surface area contributed by atoms with Gasteiger partial charge in [0, 0.05) is 40.6 Å². The number of rotatable bonds is 6. The van der Waals surface area contributed by atoms with Gasteiger partial charge in [0.15, 0.2) is 0 Å². The van der Waals surface area contributed by atoms with Crippen LogP contribution in [-0.4, -0.2) is 31.4 Å². The number of aromatic nitrogens is 2. The second kappa shape index (κ2) is 10.2. The zero-order chi connectivity index (χ0) is 29.7. The first-order valence-electron chi connectivity index (χ1n) is 13.2. The van der Waals surface area contributed by atoms with Crippen molar-refractivity contribution in [2.75, 3.05) is 5.01 Å². The number of anilines is 1. The second-order valence-electron chi connectivity index (χ2n) is 10.7. The molecule has 0 unspecified atom stereocenters. The van der Waals surface area contributed by atoms with Crippen LogP contribution in [-0.2, 0) is 4.79 Å². The number of aromatic amines is 1. The summed E-state index contributed by atoms with van der Waals surface area (Å²) < 4.78 is 1.39. The minimum atomic E-state index is -1.06. The van der Waals surface area contributed by atoms with E-state index in [0.29, 0.717) is 22.8 Å². The number of carbonyl (C=O) groups is 1. The number of hydrazone groups is 1. The van der Waals surface area contributed by atoms with E-state index in [1.807, 2.05) is 58.0 Å². The van der Waals surface area contributed by atoms with Crippen LogP contribution in [0.3, 0.4) is 0 Å². The standard InChI is InChI=1S/C31H31N5O5/c1-16-7-9-22(13-18(16)3)34-30(38)27(20(5)32-34)29(25-15-24(36(40)41)11-12-26(25)37)28-21(6)33-35(31(28)39)23-10-8-17(2)19(4)14-23/h7-15,27,29,33,37H,1-6H3/t27-,29+/m1/s1. The van der Waals surface area contributed by atoms with Crippen molar-refractivity contribution in [3.05, 3.63) is 114 Å². The van der Waals surface area contributed by atoms with Crippen molar-refractivity contribution >= 4 is 23.0 Å². The Morgan fingerprint density at radius 3 is 2.10 bits per heavy atom. The highest BCUT2D eigenvalue weighted by Gasteiger charge is 2.45. The molecule has 1 amide bonds. The molecule has 0 aliphatic carbocycles. The number of hydrogen-bond acceptors (Lipinski definition) is 6. The molecule has 210 valence electrons. The number of hydrogen-bond donors (Lipinski definition) is 2. The molecule has 5 rings (SSSR count). The summed E-state index contributed by atoms with van der Waals surface area (Å²) in [6.07, 6.45) is 0. The maximum atomic E-state index is 14.1. The van der Waals surface area contributed by atoms with Gasteiger partial charge < -0.3 is 5.11 Å². The highest BCUT2D eigenvalue weighted by Crippen LogP contribution is 2.43. The van der Waals surface area contributed by atoms with Crippen LogP contribution in [0.2, 0.25) is 0 Å². The molecule has 2 heterocycles. The molecular formula is C31H31N5O5. The number of nitro groups is 1. The molecule has 10 heteroatoms. The lowest BCUT2D eigenvalue weighted by atomic mass is 9.78. The summed E-state index contributed by atoms with van der Waals surface area (Å²) in [5.41, 5.74) is 5.79. The van der Waals surface area contributed by atoms with Gasteiger partial charge in [0.25, 0.3) is 17.2 Å². The summed E-state index contributed by atoms with van der Waals surface area (Å²) in [5.74, 6) is -2.72. The fraction of sp³-hybridized carbons (Fsp3) is 0.258. The van der Waals surface area contributed by atoms with E-state index < -0.39 is 28.2 Å². The Kier molecular flexibility index (Phi) is 6.86. The van der Waals surface area contributed by atoms with Gasteiger partial charge in [-0.2, -0.15) is 5.10 Å². The Balaban J connectivity index is 1.72. The summed E-state index contributed by atoms with van der Waals surface area (Å²) in [4.78, 5) is 39.3. The van der Waals surface area contributed by atoms with Gasteiger partial charge in [-0.15, -0.1) is 0 Å². The number of phenolic OH excluding ortho intramolecular Hbond substituents is 1. The molecule has 2 N–H and O–H groups in total. The fourth-order valence-electron chi connectivity index (χ4n) is 5.38. The van der Waals surface area contributed by atoms with E-state index in [2.05, 4.69) is 10.2 Å². The quantitative estimate of drug-likeness (QED) is 0.240. The highest BCUT2D eigenvalue weighted by molar-refractivity contribution is 6.15. The number of nitro benzene ring substituents is 1. The van der Waals surface area contributed by atoms with Gasteiger partial charge in [0.1, 0.15) is 5.75 Å². The van der Waals surface area contributed by atoms with Crippen molar-refractivity contribution in [2.24, 2.45) is 11.0 Å². The van der Waals surface area contributed by atoms with Gasteiger partial charge >= 0.3 is 0 Å². The normalized spacial score (nSPS) is 15.8. The summed E-state index contributed by atoms with van der Waals surface area (Å²) in [7, 11) is 0. The molecule has 1 aliphatic heterocycles. The molecular weight excluding hydrogens is 522 g/mol. The van der Waals surface area contributed by atoms with Crippen molar-refractivity contribution in [1.29, 1.82) is 0 Å². The van der Waals surface area contributed by atoms with Crippen LogP contribution in [0.15, 0.2) is 64.5 Å². The number of carbonyl (C=O) groups excluding carboxylic acids is 1. The van der Waals surface area contributed by atoms with Crippen LogP contribution in [0.25, 0.3) is 5.69 Å². The number of benzene rings is 3. The molecule has 0 bridgehead atoms. The predicted octanol–water partition coefficient (Wildman–Crippen LogP) is 5.49. The molecule has 41 heavy (non-hydrogen) atoms. The minimum absolute atomic E-state index is 0.0977. The van der Waals surface area contributed by atoms with Crippen LogP contribution in [0, 0.1) is 50.7 Å². The van der Waals surface area contributed by atoms with Crippen LogP contribution >= 0.6 is 0 Å². The van der Waals surface area contributed by atoms with Gasteiger partial charge in [-0.3, -0.25) is 24.8 Å². The van der Waals surface area contributed by atoms with Gasteiger partial charge in [-0.1, -0.05) is 12.1 Å². The molecule has 0 saturated carbocycles. The molecule has 0 saturated heterocycles. The van der Waals surface area contributed by atoms with Crippen molar-refractivity contribution in [3.63, 3.8) is 0 Å². The van der Waals surface area contributed by atoms with Gasteiger partial charge in [-0.05, 0) is 94.1 Å². The average molecular weight is 554 g/mol. The van der Waals surface area contributed by atoms with Crippen molar-refractivity contribution < 1.29 is 14.8 Å². The topological polar surface area (TPSA) is 134 Å². The lowest BCUT2D eigenvalue weighted by Gasteiger charge is -2.24. The van der Waals surface area contributed by atoms with Gasteiger partial charge in [0.05, 0.1) is 22.2 Å². The highest BCUT2D eigenvalue weighted by atomic mass is 16.6. The minimum Gasteiger partial charge on any atom is -0.508 e. The third-order valence-electron chi connectivity index (χ3n) is 7.98. The number of non-ortho nitro benzene ring substituents is 1. The number of amides is 1. The first-order valence-corrected chi connectivity index (χ1v) is 13.2. The van der Waals surface area contributed by atoms with E-state index in [1.54, 1.807) is 19.9 Å². The number of nitrogens with one attached hydrogen (secondary N) is 1. The Morgan fingerprint density at radius 2 is 1.49 bits per heavy atom. The van der Waals surface area contributed by atoms with Crippen LogP contribution in [0.5, 0.6) is 5.75 Å². The molecule has 1 aromatic heterocycles. The number of aryl methyl sites for hydroxylation is 5. The Labute approximate surface area is 236 Å². The number of aromatic hydroxyl groups is 1. The Bertz CT molecular complexity index is 1820. The number of H-pyrrole nitrogens is 1. The smallest absolute Gasteiger partial charge is 0.275 e. The average Bonchev–Trinajstić information content (AvgIpc) is 3.38. The van der Waals surface area contributed by atoms with Crippen LogP contribution in [0.4, 0.5) is 11.4 Å². The number of nitrogens with zero attached hydrogens (tertiary/aromatic N) is 4. The molecule has 2 atom stereocenters. The van der Waals surface area contributed by atoms with Crippen molar-refractivity contribution in [2.45, 2.75) is 47.5 Å². The SMILES string of the molecule is CC1=NN(c2ccc(C)c(C)c2)C(=O)[C@H]1[C@H](c1cc([N+](=O)[O-])ccc1O)c1c(C)[nH]n(-c2ccc(C)c(C)c2)c1=O. The third-order valence-corrected chi connectivity index (χ3v) is 7.98. The largest absolute Gasteiger partial charge is 0.508 e. The monoisotopic (exact) mass is 553 g/mol. The second-order valence-corrected chi connectivity index (χ2v) is 10.7. The first-order chi connectivity index (χ1) is 19.4. The Morgan fingerprint density at radius 1 is 0.878 bits per heavy atom. The lowest BCUT2D eigenvalue weighted by Crippen LogP contribution is -2.34. The molecule has 0 radical (unpaired) electrons. The summed E-state index contributed by atoms with van der Waals surface area (Å²) in [5, 5.41) is 31.7.